The van der Waals surface area contributed by atoms with Crippen molar-refractivity contribution in [2.24, 2.45) is 5.92 Å². The highest BCUT2D eigenvalue weighted by Gasteiger charge is 2.48. The Labute approximate surface area is 227 Å². The monoisotopic (exact) mass is 556 g/mol. The molecule has 6 N–H and O–H groups in total. The number of ether oxygens (including phenoxy) is 2. The summed E-state index contributed by atoms with van der Waals surface area (Å²) in [6, 6.07) is 4.55. The first kappa shape index (κ1) is 30.6. The minimum atomic E-state index is -1.59. The zero-order valence-electron chi connectivity index (χ0n) is 22.0. The molecule has 1 aromatic rings. The molecular formula is C26H40N2O9S. The predicted octanol–water partition coefficient (Wildman–Crippen LogP) is 0.0758. The van der Waals surface area contributed by atoms with Crippen LogP contribution < -0.4 is 5.32 Å². The van der Waals surface area contributed by atoms with Crippen LogP contribution in [0, 0.1) is 5.92 Å². The van der Waals surface area contributed by atoms with Crippen LogP contribution in [0.25, 0.3) is 0 Å². The summed E-state index contributed by atoms with van der Waals surface area (Å²) in [4.78, 5) is 27.3. The Morgan fingerprint density at radius 2 is 1.92 bits per heavy atom. The van der Waals surface area contributed by atoms with E-state index in [0.29, 0.717) is 12.3 Å². The number of amides is 1. The number of benzene rings is 1. The van der Waals surface area contributed by atoms with Gasteiger partial charge in [-0.15, -0.1) is 11.8 Å². The van der Waals surface area contributed by atoms with Gasteiger partial charge in [0.05, 0.1) is 18.2 Å². The molecule has 2 saturated heterocycles. The van der Waals surface area contributed by atoms with Gasteiger partial charge in [-0.25, -0.2) is 4.79 Å². The maximum Gasteiger partial charge on any atom is 0.341 e. The number of likely N-dealkylation sites (tertiary alicyclic amines) is 1. The van der Waals surface area contributed by atoms with Crippen molar-refractivity contribution in [1.82, 2.24) is 10.2 Å². The van der Waals surface area contributed by atoms with Crippen LogP contribution in [0.4, 0.5) is 0 Å². The standard InChI is InChI=1S/C26H40N2O9S/c1-4-7-15-12-17(28(3)13-15)24(34)27-19(14(2)29)23-21(32)20(31)22(33)26(37-23)38-11-10-36-25(35)16-8-5-6-9-18(16)30/h5-6,8-9,14-15,17,19-23,26,29-33H,4,7,10-13H2,1-3H3,(H,27,34)/t14-,15-,17+,19-,20+,21-,22-,23-,26-/m1/s1. The Bertz CT molecular complexity index is 936. The van der Waals surface area contributed by atoms with Crippen LogP contribution in [-0.4, -0.2) is 116 Å². The van der Waals surface area contributed by atoms with Crippen molar-refractivity contribution in [3.8, 4) is 5.75 Å². The number of thioether (sulfide) groups is 1. The largest absolute Gasteiger partial charge is 0.507 e. The van der Waals surface area contributed by atoms with Crippen LogP contribution in [0.2, 0.25) is 0 Å². The van der Waals surface area contributed by atoms with E-state index in [9.17, 15) is 35.1 Å². The molecule has 2 heterocycles. The van der Waals surface area contributed by atoms with Crippen LogP contribution >= 0.6 is 11.8 Å². The zero-order chi connectivity index (χ0) is 28.0. The zero-order valence-corrected chi connectivity index (χ0v) is 22.8. The van der Waals surface area contributed by atoms with E-state index >= 15 is 0 Å². The number of carbonyl (C=O) groups is 2. The maximum atomic E-state index is 13.1. The second-order valence-electron chi connectivity index (χ2n) is 10.1. The number of hydrogen-bond acceptors (Lipinski definition) is 11. The molecule has 1 aromatic carbocycles. The second kappa shape index (κ2) is 13.9. The van der Waals surface area contributed by atoms with E-state index in [1.165, 1.54) is 19.1 Å². The molecule has 3 rings (SSSR count). The topological polar surface area (TPSA) is 169 Å². The molecule has 1 amide bonds. The quantitative estimate of drug-likeness (QED) is 0.161. The first-order chi connectivity index (χ1) is 18.0. The highest BCUT2D eigenvalue weighted by atomic mass is 32.2. The van der Waals surface area contributed by atoms with Crippen molar-refractivity contribution in [3.05, 3.63) is 29.8 Å². The van der Waals surface area contributed by atoms with Gasteiger partial charge in [0, 0.05) is 12.3 Å². The van der Waals surface area contributed by atoms with Gasteiger partial charge < -0.3 is 40.3 Å². The Kier molecular flexibility index (Phi) is 11.2. The lowest BCUT2D eigenvalue weighted by Crippen LogP contribution is -2.65. The van der Waals surface area contributed by atoms with Crippen LogP contribution in [0.5, 0.6) is 5.75 Å². The fourth-order valence-corrected chi connectivity index (χ4v) is 6.07. The van der Waals surface area contributed by atoms with E-state index in [1.807, 2.05) is 11.9 Å². The number of rotatable bonds is 11. The first-order valence-corrected chi connectivity index (χ1v) is 14.0. The van der Waals surface area contributed by atoms with E-state index in [0.717, 1.165) is 31.1 Å². The average molecular weight is 557 g/mol. The van der Waals surface area contributed by atoms with Crippen molar-refractivity contribution in [2.75, 3.05) is 26.0 Å². The summed E-state index contributed by atoms with van der Waals surface area (Å²) < 4.78 is 11.1. The first-order valence-electron chi connectivity index (χ1n) is 13.0. The Balaban J connectivity index is 1.60. The Morgan fingerprint density at radius 1 is 1.21 bits per heavy atom. The van der Waals surface area contributed by atoms with Gasteiger partial charge in [-0.2, -0.15) is 0 Å². The average Bonchev–Trinajstić information content (AvgIpc) is 3.25. The van der Waals surface area contributed by atoms with Crippen molar-refractivity contribution in [2.45, 2.75) is 81.1 Å². The number of nitrogens with zero attached hydrogens (tertiary/aromatic N) is 1. The number of likely N-dealkylation sites (N-methyl/N-ethyl adjacent to an activating group) is 1. The van der Waals surface area contributed by atoms with Crippen LogP contribution in [0.1, 0.15) is 43.5 Å². The summed E-state index contributed by atoms with van der Waals surface area (Å²) in [5.74, 6) is -0.633. The van der Waals surface area contributed by atoms with Gasteiger partial charge in [0.25, 0.3) is 0 Å². The smallest absolute Gasteiger partial charge is 0.341 e. The molecule has 12 heteroatoms. The van der Waals surface area contributed by atoms with Gasteiger partial charge >= 0.3 is 5.97 Å². The molecule has 38 heavy (non-hydrogen) atoms. The van der Waals surface area contributed by atoms with Crippen LogP contribution in [0.3, 0.4) is 0 Å². The SMILES string of the molecule is CCC[C@@H]1C[C@@H](C(=O)N[C@@H]([C@H]2O[C@H](SCCOC(=O)c3ccccc3O)[C@H](O)[C@@H](O)[C@H]2O)[C@@H](C)O)N(C)C1. The third-order valence-electron chi connectivity index (χ3n) is 7.15. The van der Waals surface area contributed by atoms with Gasteiger partial charge in [-0.05, 0) is 44.9 Å². The number of hydrogen-bond donors (Lipinski definition) is 6. The van der Waals surface area contributed by atoms with Gasteiger partial charge in [0.2, 0.25) is 5.91 Å². The third-order valence-corrected chi connectivity index (χ3v) is 8.27. The van der Waals surface area contributed by atoms with E-state index < -0.39 is 48.0 Å². The van der Waals surface area contributed by atoms with E-state index in [4.69, 9.17) is 9.47 Å². The summed E-state index contributed by atoms with van der Waals surface area (Å²) in [5, 5.41) is 54.7. The highest BCUT2D eigenvalue weighted by molar-refractivity contribution is 7.99. The number of phenolic OH excluding ortho intramolecular Hbond substituents is 1. The van der Waals surface area contributed by atoms with E-state index in [1.54, 1.807) is 12.1 Å². The Morgan fingerprint density at radius 3 is 2.58 bits per heavy atom. The highest BCUT2D eigenvalue weighted by Crippen LogP contribution is 2.31. The minimum absolute atomic E-state index is 0.0227. The summed E-state index contributed by atoms with van der Waals surface area (Å²) in [7, 11) is 1.88. The van der Waals surface area contributed by atoms with Crippen molar-refractivity contribution >= 4 is 23.6 Å². The molecule has 11 nitrogen and oxygen atoms in total. The molecule has 214 valence electrons. The van der Waals surface area contributed by atoms with Crippen LogP contribution in [0.15, 0.2) is 24.3 Å². The molecule has 0 aliphatic carbocycles. The molecule has 0 radical (unpaired) electrons. The molecule has 2 fully saturated rings. The lowest BCUT2D eigenvalue weighted by Gasteiger charge is -2.44. The molecule has 0 unspecified atom stereocenters. The van der Waals surface area contributed by atoms with Gasteiger partial charge in [0.1, 0.15) is 47.8 Å². The summed E-state index contributed by atoms with van der Waals surface area (Å²) >= 11 is 1.05. The fraction of sp³-hybridized carbons (Fsp3) is 0.692. The number of aromatic hydroxyl groups is 1. The molecule has 2 aliphatic heterocycles. The fourth-order valence-electron chi connectivity index (χ4n) is 5.10. The number of aliphatic hydroxyl groups is 4. The molecule has 0 saturated carbocycles. The minimum Gasteiger partial charge on any atom is -0.507 e. The maximum absolute atomic E-state index is 13.1. The summed E-state index contributed by atoms with van der Waals surface area (Å²) in [6.07, 6.45) is -4.19. The normalized spacial score (nSPS) is 31.5. The molecule has 2 aliphatic rings. The molecule has 9 atom stereocenters. The summed E-state index contributed by atoms with van der Waals surface area (Å²) in [6.45, 7) is 4.28. The molecular weight excluding hydrogens is 516 g/mol. The Hall–Kier alpha value is -1.93. The lowest BCUT2D eigenvalue weighted by atomic mass is 9.92. The predicted molar refractivity (Wildman–Crippen MR) is 141 cm³/mol. The van der Waals surface area contributed by atoms with Crippen molar-refractivity contribution in [1.29, 1.82) is 0 Å². The number of esters is 1. The third kappa shape index (κ3) is 7.38. The van der Waals surface area contributed by atoms with Crippen LogP contribution in [-0.2, 0) is 14.3 Å². The second-order valence-corrected chi connectivity index (χ2v) is 11.3. The lowest BCUT2D eigenvalue weighted by molar-refractivity contribution is -0.211. The molecule has 0 spiro atoms. The summed E-state index contributed by atoms with van der Waals surface area (Å²) in [5.41, 5.74) is -1.00. The van der Waals surface area contributed by atoms with Gasteiger partial charge in [-0.1, -0.05) is 25.5 Å². The number of carbonyl (C=O) groups excluding carboxylic acids is 2. The number of phenols is 1. The van der Waals surface area contributed by atoms with Gasteiger partial charge in [-0.3, -0.25) is 9.69 Å². The molecule has 0 aromatic heterocycles. The number of aliphatic hydroxyl groups excluding tert-OH is 4. The van der Waals surface area contributed by atoms with Crippen molar-refractivity contribution < 1.29 is 44.6 Å². The van der Waals surface area contributed by atoms with E-state index in [-0.39, 0.29) is 35.6 Å². The van der Waals surface area contributed by atoms with E-state index in [2.05, 4.69) is 12.2 Å². The van der Waals surface area contributed by atoms with Gasteiger partial charge in [0.15, 0.2) is 0 Å². The molecule has 0 bridgehead atoms. The number of para-hydroxylation sites is 1. The number of nitrogens with one attached hydrogen (secondary N) is 1. The van der Waals surface area contributed by atoms with Crippen molar-refractivity contribution in [3.63, 3.8) is 0 Å².